The molecule has 0 unspecified atom stereocenters. The normalized spacial score (nSPS) is 10.8. The lowest BCUT2D eigenvalue weighted by Crippen LogP contribution is -2.20. The van der Waals surface area contributed by atoms with E-state index in [9.17, 15) is 14.9 Å². The van der Waals surface area contributed by atoms with Gasteiger partial charge in [-0.05, 0) is 61.4 Å². The Bertz CT molecular complexity index is 1240. The van der Waals surface area contributed by atoms with Crippen LogP contribution in [0, 0.1) is 25.2 Å². The molecule has 0 saturated heterocycles. The number of rotatable bonds is 7. The van der Waals surface area contributed by atoms with Crippen molar-refractivity contribution in [3.63, 3.8) is 0 Å². The van der Waals surface area contributed by atoms with E-state index in [2.05, 4.69) is 10.6 Å². The molecule has 0 bridgehead atoms. The number of nitrogens with one attached hydrogen (secondary N) is 2. The number of nitrogens with zero attached hydrogens (tertiary/aromatic N) is 1. The highest BCUT2D eigenvalue weighted by Crippen LogP contribution is 2.22. The summed E-state index contributed by atoms with van der Waals surface area (Å²) in [7, 11) is 0. The number of anilines is 2. The summed E-state index contributed by atoms with van der Waals surface area (Å²) in [4.78, 5) is 24.6. The van der Waals surface area contributed by atoms with Crippen LogP contribution in [0.1, 0.15) is 16.7 Å². The zero-order valence-electron chi connectivity index (χ0n) is 18.2. The topological polar surface area (TPSA) is 91.2 Å². The molecule has 0 radical (unpaired) electrons. The molecule has 0 aliphatic heterocycles. The van der Waals surface area contributed by atoms with Gasteiger partial charge in [0.05, 0.1) is 10.7 Å². The Labute approximate surface area is 197 Å². The fourth-order valence-electron chi connectivity index (χ4n) is 3.02. The lowest BCUT2D eigenvalue weighted by atomic mass is 10.1. The van der Waals surface area contributed by atoms with E-state index in [1.54, 1.807) is 48.5 Å². The second-order valence-electron chi connectivity index (χ2n) is 7.33. The van der Waals surface area contributed by atoms with Gasteiger partial charge in [0.15, 0.2) is 6.61 Å². The van der Waals surface area contributed by atoms with Crippen molar-refractivity contribution < 1.29 is 14.3 Å². The number of aryl methyl sites for hydroxylation is 2. The molecule has 0 aliphatic carbocycles. The van der Waals surface area contributed by atoms with E-state index < -0.39 is 5.91 Å². The molecule has 0 heterocycles. The van der Waals surface area contributed by atoms with Crippen molar-refractivity contribution in [1.29, 1.82) is 5.26 Å². The smallest absolute Gasteiger partial charge is 0.266 e. The number of ether oxygens (including phenoxy) is 1. The first-order chi connectivity index (χ1) is 15.9. The van der Waals surface area contributed by atoms with Gasteiger partial charge in [0.25, 0.3) is 11.8 Å². The fraction of sp³-hybridized carbons (Fsp3) is 0.115. The zero-order valence-corrected chi connectivity index (χ0v) is 18.9. The summed E-state index contributed by atoms with van der Waals surface area (Å²) in [6, 6.07) is 21.2. The first-order valence-corrected chi connectivity index (χ1v) is 10.5. The van der Waals surface area contributed by atoms with Crippen LogP contribution in [0.4, 0.5) is 11.4 Å². The maximum absolute atomic E-state index is 12.4. The van der Waals surface area contributed by atoms with Crippen molar-refractivity contribution in [2.24, 2.45) is 0 Å². The van der Waals surface area contributed by atoms with Gasteiger partial charge < -0.3 is 15.4 Å². The Morgan fingerprint density at radius 3 is 2.39 bits per heavy atom. The van der Waals surface area contributed by atoms with Crippen molar-refractivity contribution in [3.8, 4) is 11.8 Å². The number of amides is 2. The molecule has 0 aromatic heterocycles. The van der Waals surface area contributed by atoms with E-state index in [1.165, 1.54) is 6.08 Å². The predicted molar refractivity (Wildman–Crippen MR) is 130 cm³/mol. The van der Waals surface area contributed by atoms with Crippen molar-refractivity contribution in [2.75, 3.05) is 17.2 Å². The van der Waals surface area contributed by atoms with E-state index in [1.807, 2.05) is 38.1 Å². The summed E-state index contributed by atoms with van der Waals surface area (Å²) >= 11 is 6.05. The van der Waals surface area contributed by atoms with Crippen molar-refractivity contribution >= 4 is 40.9 Å². The third-order valence-electron chi connectivity index (χ3n) is 4.70. The van der Waals surface area contributed by atoms with Gasteiger partial charge in [0.2, 0.25) is 0 Å². The molecule has 3 aromatic rings. The molecule has 7 heteroatoms. The van der Waals surface area contributed by atoms with Gasteiger partial charge in [-0.15, -0.1) is 0 Å². The predicted octanol–water partition coefficient (Wildman–Crippen LogP) is 5.52. The van der Waals surface area contributed by atoms with Crippen LogP contribution >= 0.6 is 11.6 Å². The van der Waals surface area contributed by atoms with Gasteiger partial charge >= 0.3 is 0 Å². The summed E-state index contributed by atoms with van der Waals surface area (Å²) in [6.07, 6.45) is 1.46. The highest BCUT2D eigenvalue weighted by atomic mass is 35.5. The molecule has 0 spiro atoms. The second kappa shape index (κ2) is 11.0. The minimum Gasteiger partial charge on any atom is -0.484 e. The number of benzene rings is 3. The number of hydrogen-bond acceptors (Lipinski definition) is 4. The number of halogens is 1. The molecule has 2 amide bonds. The highest BCUT2D eigenvalue weighted by molar-refractivity contribution is 6.34. The fourth-order valence-corrected chi connectivity index (χ4v) is 3.20. The average molecular weight is 460 g/mol. The number of para-hydroxylation sites is 1. The van der Waals surface area contributed by atoms with Gasteiger partial charge in [-0.2, -0.15) is 5.26 Å². The van der Waals surface area contributed by atoms with E-state index in [0.29, 0.717) is 22.0 Å². The molecule has 33 heavy (non-hydrogen) atoms. The maximum Gasteiger partial charge on any atom is 0.266 e. The first kappa shape index (κ1) is 23.6. The quantitative estimate of drug-likeness (QED) is 0.359. The van der Waals surface area contributed by atoms with Crippen LogP contribution in [-0.2, 0) is 9.59 Å². The molecular weight excluding hydrogens is 438 g/mol. The van der Waals surface area contributed by atoms with Gasteiger partial charge in [0.1, 0.15) is 17.4 Å². The third-order valence-corrected chi connectivity index (χ3v) is 5.03. The van der Waals surface area contributed by atoms with Crippen molar-refractivity contribution in [3.05, 3.63) is 94.0 Å². The Balaban J connectivity index is 1.58. The largest absolute Gasteiger partial charge is 0.484 e. The van der Waals surface area contributed by atoms with E-state index in [0.717, 1.165) is 16.8 Å². The number of carbonyl (C=O) groups excluding carboxylic acids is 2. The molecule has 0 saturated carbocycles. The Morgan fingerprint density at radius 1 is 1.00 bits per heavy atom. The lowest BCUT2D eigenvalue weighted by Gasteiger charge is -2.10. The summed E-state index contributed by atoms with van der Waals surface area (Å²) in [5.74, 6) is -0.343. The van der Waals surface area contributed by atoms with Crippen LogP contribution in [0.3, 0.4) is 0 Å². The van der Waals surface area contributed by atoms with E-state index in [-0.39, 0.29) is 18.1 Å². The summed E-state index contributed by atoms with van der Waals surface area (Å²) < 4.78 is 5.54. The van der Waals surface area contributed by atoms with Crippen LogP contribution in [-0.4, -0.2) is 18.4 Å². The van der Waals surface area contributed by atoms with Gasteiger partial charge in [0, 0.05) is 5.69 Å². The van der Waals surface area contributed by atoms with E-state index in [4.69, 9.17) is 16.3 Å². The van der Waals surface area contributed by atoms with Crippen molar-refractivity contribution in [2.45, 2.75) is 13.8 Å². The van der Waals surface area contributed by atoms with Crippen molar-refractivity contribution in [1.82, 2.24) is 0 Å². The minimum atomic E-state index is -0.561. The van der Waals surface area contributed by atoms with Gasteiger partial charge in [-0.25, -0.2) is 0 Å². The van der Waals surface area contributed by atoms with Gasteiger partial charge in [-0.3, -0.25) is 9.59 Å². The Kier molecular flexibility index (Phi) is 7.85. The maximum atomic E-state index is 12.4. The molecule has 2 N–H and O–H groups in total. The minimum absolute atomic E-state index is 0.0727. The third kappa shape index (κ3) is 6.70. The van der Waals surface area contributed by atoms with Crippen LogP contribution in [0.2, 0.25) is 5.02 Å². The van der Waals surface area contributed by atoms with Crippen LogP contribution in [0.15, 0.2) is 72.3 Å². The molecule has 166 valence electrons. The molecular formula is C26H22ClN3O3. The summed E-state index contributed by atoms with van der Waals surface area (Å²) in [5, 5.41) is 15.2. The molecule has 3 rings (SSSR count). The monoisotopic (exact) mass is 459 g/mol. The Morgan fingerprint density at radius 2 is 1.73 bits per heavy atom. The molecule has 0 atom stereocenters. The average Bonchev–Trinajstić information content (AvgIpc) is 2.80. The van der Waals surface area contributed by atoms with Crippen LogP contribution in [0.5, 0.6) is 5.75 Å². The summed E-state index contributed by atoms with van der Waals surface area (Å²) in [6.45, 7) is 3.78. The SMILES string of the molecule is Cc1ccc(NC(=O)COc2ccc(/C=C(\C#N)C(=O)Nc3ccccc3Cl)cc2)c(C)c1. The number of hydrogen-bond donors (Lipinski definition) is 2. The molecule has 0 fully saturated rings. The Hall–Kier alpha value is -4.08. The van der Waals surface area contributed by atoms with Crippen LogP contribution in [0.25, 0.3) is 6.08 Å². The lowest BCUT2D eigenvalue weighted by molar-refractivity contribution is -0.118. The highest BCUT2D eigenvalue weighted by Gasteiger charge is 2.11. The number of carbonyl (C=O) groups is 2. The van der Waals surface area contributed by atoms with Crippen LogP contribution < -0.4 is 15.4 Å². The molecule has 0 aliphatic rings. The number of nitriles is 1. The van der Waals surface area contributed by atoms with E-state index >= 15 is 0 Å². The molecule has 3 aromatic carbocycles. The van der Waals surface area contributed by atoms with Gasteiger partial charge in [-0.1, -0.05) is 53.6 Å². The second-order valence-corrected chi connectivity index (χ2v) is 7.74. The standard InChI is InChI=1S/C26H22ClN3O3/c1-17-7-12-23(18(2)13-17)29-25(31)16-33-21-10-8-19(9-11-21)14-20(15-28)26(32)30-24-6-4-3-5-22(24)27/h3-14H,16H2,1-2H3,(H,29,31)(H,30,32)/b20-14+. The summed E-state index contributed by atoms with van der Waals surface area (Å²) in [5.41, 5.74) is 3.83. The zero-order chi connectivity index (χ0) is 23.8. The first-order valence-electron chi connectivity index (χ1n) is 10.1. The molecule has 6 nitrogen and oxygen atoms in total.